The van der Waals surface area contributed by atoms with E-state index < -0.39 is 6.10 Å². The highest BCUT2D eigenvalue weighted by Crippen LogP contribution is 2.19. The van der Waals surface area contributed by atoms with Crippen molar-refractivity contribution in [2.75, 3.05) is 13.2 Å². The van der Waals surface area contributed by atoms with E-state index in [0.717, 1.165) is 75.5 Å². The van der Waals surface area contributed by atoms with E-state index in [0.29, 0.717) is 19.3 Å². The molecule has 0 amide bonds. The number of esters is 3. The summed E-state index contributed by atoms with van der Waals surface area (Å²) < 4.78 is 16.9. The van der Waals surface area contributed by atoms with Crippen LogP contribution in [0.2, 0.25) is 0 Å². The van der Waals surface area contributed by atoms with Gasteiger partial charge in [-0.2, -0.15) is 0 Å². The molecule has 0 aromatic heterocycles. The van der Waals surface area contributed by atoms with Gasteiger partial charge in [-0.05, 0) is 37.0 Å². The van der Waals surface area contributed by atoms with Gasteiger partial charge >= 0.3 is 17.9 Å². The molecule has 0 rings (SSSR count). The number of hydrogen-bond donors (Lipinski definition) is 0. The van der Waals surface area contributed by atoms with Gasteiger partial charge in [-0.3, -0.25) is 14.4 Å². The Kier molecular flexibility index (Phi) is 52.0. The third-order valence-electron chi connectivity index (χ3n) is 14.5. The fraction of sp³-hybridized carbons (Fsp3) is 0.952. The Bertz CT molecular complexity index is 1060. The summed E-state index contributed by atoms with van der Waals surface area (Å²) in [6.07, 6.45) is 56.7. The van der Waals surface area contributed by atoms with Crippen molar-refractivity contribution in [3.05, 3.63) is 0 Å². The van der Waals surface area contributed by atoms with Crippen LogP contribution in [0.3, 0.4) is 0 Å². The molecule has 2 atom stereocenters. The molecule has 0 saturated carbocycles. The standard InChI is InChI=1S/C62H120O6/c1-7-58(6)50-44-38-32-25-21-17-14-15-19-23-27-34-40-46-52-61(64)67-55-59(68-62(65)53-47-41-35-29-28-31-37-43-49-57(4)5)54-66-60(63)51-45-39-33-26-22-18-13-11-9-8-10-12-16-20-24-30-36-42-48-56(2)3/h56-59H,7-55H2,1-6H3/t58?,59-/m0/s1. The SMILES string of the molecule is CCC(C)CCCCCCCCCCCCCCCCC(=O)OC[C@H](COC(=O)CCCCCCCCCCCCCCCCCCCCC(C)C)OC(=O)CCCCCCCCCCC(C)C. The molecule has 0 N–H and O–H groups in total. The first-order valence-corrected chi connectivity index (χ1v) is 30.6. The number of hydrogen-bond acceptors (Lipinski definition) is 6. The monoisotopic (exact) mass is 961 g/mol. The van der Waals surface area contributed by atoms with Gasteiger partial charge in [0.1, 0.15) is 13.2 Å². The van der Waals surface area contributed by atoms with E-state index >= 15 is 0 Å². The minimum absolute atomic E-state index is 0.0636. The van der Waals surface area contributed by atoms with E-state index in [-0.39, 0.29) is 31.1 Å². The average Bonchev–Trinajstić information content (AvgIpc) is 3.31. The molecule has 0 radical (unpaired) electrons. The van der Waals surface area contributed by atoms with Crippen LogP contribution in [0.1, 0.15) is 343 Å². The second-order valence-corrected chi connectivity index (χ2v) is 22.5. The fourth-order valence-corrected chi connectivity index (χ4v) is 9.50. The van der Waals surface area contributed by atoms with Gasteiger partial charge in [0.05, 0.1) is 0 Å². The summed E-state index contributed by atoms with van der Waals surface area (Å²) in [5.41, 5.74) is 0. The van der Waals surface area contributed by atoms with Crippen molar-refractivity contribution in [2.45, 2.75) is 349 Å². The van der Waals surface area contributed by atoms with E-state index in [1.165, 1.54) is 225 Å². The first kappa shape index (κ1) is 66.4. The van der Waals surface area contributed by atoms with Crippen LogP contribution in [0.5, 0.6) is 0 Å². The van der Waals surface area contributed by atoms with Crippen LogP contribution in [0.25, 0.3) is 0 Å². The average molecular weight is 962 g/mol. The summed E-state index contributed by atoms with van der Waals surface area (Å²) in [4.78, 5) is 38.2. The molecule has 0 bridgehead atoms. The van der Waals surface area contributed by atoms with Crippen molar-refractivity contribution in [3.63, 3.8) is 0 Å². The second-order valence-electron chi connectivity index (χ2n) is 22.5. The van der Waals surface area contributed by atoms with Crippen molar-refractivity contribution < 1.29 is 28.6 Å². The lowest BCUT2D eigenvalue weighted by atomic mass is 9.99. The van der Waals surface area contributed by atoms with Crippen molar-refractivity contribution in [2.24, 2.45) is 17.8 Å². The molecule has 404 valence electrons. The quantitative estimate of drug-likeness (QED) is 0.0343. The summed E-state index contributed by atoms with van der Waals surface area (Å²) in [5, 5.41) is 0. The van der Waals surface area contributed by atoms with E-state index in [4.69, 9.17) is 14.2 Å². The van der Waals surface area contributed by atoms with Gasteiger partial charge in [0.2, 0.25) is 0 Å². The second kappa shape index (κ2) is 53.2. The van der Waals surface area contributed by atoms with Crippen LogP contribution in [0, 0.1) is 17.8 Å². The van der Waals surface area contributed by atoms with Gasteiger partial charge in [0.15, 0.2) is 6.10 Å². The molecule has 0 aliphatic rings. The lowest BCUT2D eigenvalue weighted by Crippen LogP contribution is -2.30. The van der Waals surface area contributed by atoms with E-state index in [9.17, 15) is 14.4 Å². The molecule has 68 heavy (non-hydrogen) atoms. The first-order valence-electron chi connectivity index (χ1n) is 30.6. The van der Waals surface area contributed by atoms with Crippen molar-refractivity contribution in [3.8, 4) is 0 Å². The Morgan fingerprint density at radius 3 is 0.765 bits per heavy atom. The number of unbranched alkanes of at least 4 members (excludes halogenated alkanes) is 37. The maximum atomic E-state index is 12.8. The number of rotatable bonds is 55. The van der Waals surface area contributed by atoms with Crippen LogP contribution in [0.4, 0.5) is 0 Å². The smallest absolute Gasteiger partial charge is 0.306 e. The highest BCUT2D eigenvalue weighted by Gasteiger charge is 2.19. The Labute approximate surface area is 425 Å². The molecular weight excluding hydrogens is 841 g/mol. The lowest BCUT2D eigenvalue weighted by Gasteiger charge is -2.18. The summed E-state index contributed by atoms with van der Waals surface area (Å²) in [6.45, 7) is 13.8. The molecular formula is C62H120O6. The Balaban J connectivity index is 4.21. The summed E-state index contributed by atoms with van der Waals surface area (Å²) in [7, 11) is 0. The van der Waals surface area contributed by atoms with Crippen LogP contribution in [0.15, 0.2) is 0 Å². The molecule has 0 aromatic carbocycles. The summed E-state index contributed by atoms with van der Waals surface area (Å²) in [5.74, 6) is 1.71. The predicted octanol–water partition coefficient (Wildman–Crippen LogP) is 20.3. The molecule has 6 heteroatoms. The molecule has 0 fully saturated rings. The predicted molar refractivity (Wildman–Crippen MR) is 293 cm³/mol. The molecule has 0 aliphatic heterocycles. The zero-order chi connectivity index (χ0) is 49.8. The Morgan fingerprint density at radius 2 is 0.515 bits per heavy atom. The molecule has 1 unspecified atom stereocenters. The number of carbonyl (C=O) groups is 3. The highest BCUT2D eigenvalue weighted by atomic mass is 16.6. The Hall–Kier alpha value is -1.59. The maximum Gasteiger partial charge on any atom is 0.306 e. The summed E-state index contributed by atoms with van der Waals surface area (Å²) in [6, 6.07) is 0. The number of carbonyl (C=O) groups excluding carboxylic acids is 3. The van der Waals surface area contributed by atoms with Gasteiger partial charge in [0.25, 0.3) is 0 Å². The molecule has 0 aliphatic carbocycles. The van der Waals surface area contributed by atoms with Crippen molar-refractivity contribution in [1.29, 1.82) is 0 Å². The van der Waals surface area contributed by atoms with Gasteiger partial charge in [-0.25, -0.2) is 0 Å². The number of ether oxygens (including phenoxy) is 3. The van der Waals surface area contributed by atoms with Gasteiger partial charge in [-0.1, -0.05) is 305 Å². The highest BCUT2D eigenvalue weighted by molar-refractivity contribution is 5.71. The first-order chi connectivity index (χ1) is 33.1. The topological polar surface area (TPSA) is 78.9 Å². The lowest BCUT2D eigenvalue weighted by molar-refractivity contribution is -0.167. The zero-order valence-corrected chi connectivity index (χ0v) is 46.9. The third kappa shape index (κ3) is 53.8. The van der Waals surface area contributed by atoms with E-state index in [2.05, 4.69) is 41.5 Å². The molecule has 0 aromatic rings. The third-order valence-corrected chi connectivity index (χ3v) is 14.5. The summed E-state index contributed by atoms with van der Waals surface area (Å²) >= 11 is 0. The maximum absolute atomic E-state index is 12.8. The van der Waals surface area contributed by atoms with Crippen molar-refractivity contribution >= 4 is 17.9 Å². The van der Waals surface area contributed by atoms with Crippen LogP contribution < -0.4 is 0 Å². The minimum Gasteiger partial charge on any atom is -0.462 e. The van der Waals surface area contributed by atoms with Gasteiger partial charge < -0.3 is 14.2 Å². The fourth-order valence-electron chi connectivity index (χ4n) is 9.50. The molecule has 6 nitrogen and oxygen atoms in total. The van der Waals surface area contributed by atoms with Crippen LogP contribution in [-0.4, -0.2) is 37.2 Å². The molecule has 0 saturated heterocycles. The molecule has 0 heterocycles. The molecule has 0 spiro atoms. The zero-order valence-electron chi connectivity index (χ0n) is 46.9. The van der Waals surface area contributed by atoms with Crippen molar-refractivity contribution in [1.82, 2.24) is 0 Å². The van der Waals surface area contributed by atoms with E-state index in [1.807, 2.05) is 0 Å². The van der Waals surface area contributed by atoms with Gasteiger partial charge in [0, 0.05) is 19.3 Å². The van der Waals surface area contributed by atoms with Crippen LogP contribution in [-0.2, 0) is 28.6 Å². The minimum atomic E-state index is -0.764. The van der Waals surface area contributed by atoms with E-state index in [1.54, 1.807) is 0 Å². The van der Waals surface area contributed by atoms with Gasteiger partial charge in [-0.15, -0.1) is 0 Å². The Morgan fingerprint density at radius 1 is 0.294 bits per heavy atom. The largest absolute Gasteiger partial charge is 0.462 e. The van der Waals surface area contributed by atoms with Crippen LogP contribution >= 0.6 is 0 Å². The normalized spacial score (nSPS) is 12.5.